The van der Waals surface area contributed by atoms with Crippen molar-refractivity contribution >= 4 is 28.1 Å². The van der Waals surface area contributed by atoms with E-state index in [9.17, 15) is 4.79 Å². The van der Waals surface area contributed by atoms with E-state index in [1.165, 1.54) is 10.4 Å². The van der Waals surface area contributed by atoms with Gasteiger partial charge in [-0.25, -0.2) is 0 Å². The van der Waals surface area contributed by atoms with Crippen molar-refractivity contribution in [2.75, 3.05) is 6.54 Å². The van der Waals surface area contributed by atoms with E-state index in [-0.39, 0.29) is 11.9 Å². The minimum absolute atomic E-state index is 0.127. The van der Waals surface area contributed by atoms with Crippen LogP contribution in [0.4, 0.5) is 0 Å². The maximum Gasteiger partial charge on any atom is 0.254 e. The molecule has 0 aliphatic carbocycles. The molecule has 0 spiro atoms. The lowest BCUT2D eigenvalue weighted by Gasteiger charge is -2.33. The van der Waals surface area contributed by atoms with Gasteiger partial charge >= 0.3 is 0 Å². The number of benzene rings is 1. The molecule has 1 amide bonds. The summed E-state index contributed by atoms with van der Waals surface area (Å²) in [5.41, 5.74) is 3.15. The van der Waals surface area contributed by atoms with Crippen LogP contribution in [0.1, 0.15) is 33.8 Å². The molecule has 0 saturated heterocycles. The van der Waals surface area contributed by atoms with Crippen molar-refractivity contribution in [3.05, 3.63) is 57.9 Å². The molecule has 3 nitrogen and oxygen atoms in total. The molecule has 1 aliphatic rings. The molecule has 1 aliphatic heterocycles. The number of nitrogens with zero attached hydrogens (tertiary/aromatic N) is 1. The summed E-state index contributed by atoms with van der Waals surface area (Å²) < 4.78 is 0. The molecule has 4 heteroatoms. The summed E-state index contributed by atoms with van der Waals surface area (Å²) in [6.07, 6.45) is 2.87. The third kappa shape index (κ3) is 1.98. The van der Waals surface area contributed by atoms with Crippen LogP contribution in [-0.4, -0.2) is 22.3 Å². The second kappa shape index (κ2) is 4.74. The largest absolute Gasteiger partial charge is 0.361 e. The molecule has 0 saturated carbocycles. The molecule has 3 heterocycles. The van der Waals surface area contributed by atoms with Gasteiger partial charge in [-0.15, -0.1) is 11.3 Å². The molecule has 1 unspecified atom stereocenters. The van der Waals surface area contributed by atoms with Crippen LogP contribution in [-0.2, 0) is 6.42 Å². The molecule has 0 fully saturated rings. The van der Waals surface area contributed by atoms with Crippen LogP contribution < -0.4 is 0 Å². The van der Waals surface area contributed by atoms with Gasteiger partial charge in [0, 0.05) is 34.1 Å². The number of carbonyl (C=O) groups excluding carboxylic acids is 1. The standard InChI is InChI=1S/C17H16N2OS/c1-11-14-6-9-21-16(14)5-8-19(11)17(20)13-2-3-15-12(10-13)4-7-18-15/h2-4,6-7,9-11,18H,5,8H2,1H3. The minimum Gasteiger partial charge on any atom is -0.361 e. The Kier molecular flexibility index (Phi) is 2.86. The van der Waals surface area contributed by atoms with Gasteiger partial charge in [-0.1, -0.05) is 0 Å². The van der Waals surface area contributed by atoms with E-state index in [0.29, 0.717) is 0 Å². The summed E-state index contributed by atoms with van der Waals surface area (Å²) in [5, 5.41) is 3.21. The number of hydrogen-bond donors (Lipinski definition) is 1. The number of aromatic nitrogens is 1. The molecule has 1 atom stereocenters. The number of amides is 1. The Balaban J connectivity index is 1.68. The van der Waals surface area contributed by atoms with E-state index >= 15 is 0 Å². The number of fused-ring (bicyclic) bond motifs is 2. The van der Waals surface area contributed by atoms with Crippen LogP contribution >= 0.6 is 11.3 Å². The summed E-state index contributed by atoms with van der Waals surface area (Å²) in [4.78, 5) is 19.4. The van der Waals surface area contributed by atoms with Gasteiger partial charge in [0.25, 0.3) is 5.91 Å². The summed E-state index contributed by atoms with van der Waals surface area (Å²) in [6.45, 7) is 2.93. The van der Waals surface area contributed by atoms with E-state index in [0.717, 1.165) is 29.4 Å². The van der Waals surface area contributed by atoms with Crippen molar-refractivity contribution < 1.29 is 4.79 Å². The van der Waals surface area contributed by atoms with Crippen LogP contribution in [0.2, 0.25) is 0 Å². The minimum atomic E-state index is 0.127. The first-order valence-electron chi connectivity index (χ1n) is 7.18. The zero-order chi connectivity index (χ0) is 14.4. The quantitative estimate of drug-likeness (QED) is 0.724. The molecule has 2 aromatic heterocycles. The van der Waals surface area contributed by atoms with Crippen LogP contribution in [0.25, 0.3) is 10.9 Å². The Morgan fingerprint density at radius 2 is 2.24 bits per heavy atom. The van der Waals surface area contributed by atoms with E-state index in [2.05, 4.69) is 23.4 Å². The van der Waals surface area contributed by atoms with Crippen LogP contribution in [0.3, 0.4) is 0 Å². The predicted octanol–water partition coefficient (Wildman–Crippen LogP) is 3.99. The third-order valence-electron chi connectivity index (χ3n) is 4.34. The van der Waals surface area contributed by atoms with Crippen molar-refractivity contribution in [1.82, 2.24) is 9.88 Å². The molecule has 106 valence electrons. The first-order chi connectivity index (χ1) is 10.2. The Morgan fingerprint density at radius 3 is 3.14 bits per heavy atom. The van der Waals surface area contributed by atoms with Gasteiger partial charge in [0.2, 0.25) is 0 Å². The van der Waals surface area contributed by atoms with Gasteiger partial charge in [-0.05, 0) is 54.6 Å². The predicted molar refractivity (Wildman–Crippen MR) is 85.8 cm³/mol. The Labute approximate surface area is 127 Å². The van der Waals surface area contributed by atoms with E-state index < -0.39 is 0 Å². The first-order valence-corrected chi connectivity index (χ1v) is 8.06. The number of carbonyl (C=O) groups is 1. The fourth-order valence-electron chi connectivity index (χ4n) is 3.14. The summed E-state index contributed by atoms with van der Waals surface area (Å²) in [6, 6.07) is 10.2. The average molecular weight is 296 g/mol. The molecule has 0 radical (unpaired) electrons. The van der Waals surface area contributed by atoms with E-state index in [4.69, 9.17) is 0 Å². The number of nitrogens with one attached hydrogen (secondary N) is 1. The average Bonchev–Trinajstić information content (AvgIpc) is 3.15. The molecule has 1 N–H and O–H groups in total. The van der Waals surface area contributed by atoms with Gasteiger partial charge in [0.1, 0.15) is 0 Å². The molecule has 4 rings (SSSR count). The van der Waals surface area contributed by atoms with Gasteiger partial charge < -0.3 is 9.88 Å². The van der Waals surface area contributed by atoms with Crippen LogP contribution in [0.15, 0.2) is 41.9 Å². The fraction of sp³-hybridized carbons (Fsp3) is 0.235. The number of aromatic amines is 1. The highest BCUT2D eigenvalue weighted by molar-refractivity contribution is 7.10. The lowest BCUT2D eigenvalue weighted by atomic mass is 10.00. The maximum absolute atomic E-state index is 12.8. The normalized spacial score (nSPS) is 18.0. The number of thiophene rings is 1. The summed E-state index contributed by atoms with van der Waals surface area (Å²) >= 11 is 1.80. The first kappa shape index (κ1) is 12.7. The van der Waals surface area contributed by atoms with Gasteiger partial charge in [0.15, 0.2) is 0 Å². The number of H-pyrrole nitrogens is 1. The SMILES string of the molecule is CC1c2ccsc2CCN1C(=O)c1ccc2[nH]ccc2c1. The van der Waals surface area contributed by atoms with Crippen LogP contribution in [0, 0.1) is 0 Å². The maximum atomic E-state index is 12.8. The Hall–Kier alpha value is -2.07. The number of hydrogen-bond acceptors (Lipinski definition) is 2. The van der Waals surface area contributed by atoms with Gasteiger partial charge in [-0.3, -0.25) is 4.79 Å². The molecule has 1 aromatic carbocycles. The highest BCUT2D eigenvalue weighted by atomic mass is 32.1. The molecular formula is C17H16N2OS. The van der Waals surface area contributed by atoms with E-state index in [1.54, 1.807) is 11.3 Å². The van der Waals surface area contributed by atoms with Gasteiger partial charge in [0.05, 0.1) is 6.04 Å². The summed E-state index contributed by atoms with van der Waals surface area (Å²) in [5.74, 6) is 0.127. The monoisotopic (exact) mass is 296 g/mol. The van der Waals surface area contributed by atoms with Crippen molar-refractivity contribution in [2.45, 2.75) is 19.4 Å². The van der Waals surface area contributed by atoms with Crippen molar-refractivity contribution in [3.63, 3.8) is 0 Å². The molecule has 21 heavy (non-hydrogen) atoms. The van der Waals surface area contributed by atoms with Crippen LogP contribution in [0.5, 0.6) is 0 Å². The fourth-order valence-corrected chi connectivity index (χ4v) is 4.10. The highest BCUT2D eigenvalue weighted by Crippen LogP contribution is 2.33. The molecule has 0 bridgehead atoms. The van der Waals surface area contributed by atoms with Crippen molar-refractivity contribution in [3.8, 4) is 0 Å². The summed E-state index contributed by atoms with van der Waals surface area (Å²) in [7, 11) is 0. The zero-order valence-electron chi connectivity index (χ0n) is 11.8. The van der Waals surface area contributed by atoms with E-state index in [1.807, 2.05) is 35.4 Å². The van der Waals surface area contributed by atoms with Crippen molar-refractivity contribution in [2.24, 2.45) is 0 Å². The van der Waals surface area contributed by atoms with Gasteiger partial charge in [-0.2, -0.15) is 0 Å². The molecular weight excluding hydrogens is 280 g/mol. The van der Waals surface area contributed by atoms with Crippen molar-refractivity contribution in [1.29, 1.82) is 0 Å². The topological polar surface area (TPSA) is 36.1 Å². The second-order valence-electron chi connectivity index (χ2n) is 5.50. The lowest BCUT2D eigenvalue weighted by Crippen LogP contribution is -2.38. The lowest BCUT2D eigenvalue weighted by molar-refractivity contribution is 0.0679. The molecule has 3 aromatic rings. The zero-order valence-corrected chi connectivity index (χ0v) is 12.6. The Morgan fingerprint density at radius 1 is 1.33 bits per heavy atom. The second-order valence-corrected chi connectivity index (χ2v) is 6.50. The highest BCUT2D eigenvalue weighted by Gasteiger charge is 2.28. The third-order valence-corrected chi connectivity index (χ3v) is 5.33. The smallest absolute Gasteiger partial charge is 0.254 e. The Bertz CT molecular complexity index is 817. The number of rotatable bonds is 1.